The Balaban J connectivity index is 1.63. The first-order valence-corrected chi connectivity index (χ1v) is 7.67. The van der Waals surface area contributed by atoms with E-state index in [2.05, 4.69) is 15.3 Å². The minimum atomic E-state index is -0.132. The zero-order valence-electron chi connectivity index (χ0n) is 11.2. The number of aromatic nitrogens is 2. The van der Waals surface area contributed by atoms with E-state index in [1.165, 1.54) is 6.33 Å². The van der Waals surface area contributed by atoms with E-state index in [-0.39, 0.29) is 5.56 Å². The molecule has 0 saturated heterocycles. The summed E-state index contributed by atoms with van der Waals surface area (Å²) >= 11 is 1.98. The van der Waals surface area contributed by atoms with Crippen LogP contribution in [0.3, 0.4) is 0 Å². The van der Waals surface area contributed by atoms with Gasteiger partial charge in [0.05, 0.1) is 6.33 Å². The second-order valence-corrected chi connectivity index (χ2v) is 5.63. The third-order valence-corrected chi connectivity index (χ3v) is 4.11. The van der Waals surface area contributed by atoms with Crippen molar-refractivity contribution >= 4 is 28.4 Å². The Hall–Kier alpha value is -1.77. The van der Waals surface area contributed by atoms with Crippen LogP contribution in [0.15, 0.2) is 29.3 Å². The highest BCUT2D eigenvalue weighted by Crippen LogP contribution is 2.30. The molecule has 2 N–H and O–H groups in total. The lowest BCUT2D eigenvalue weighted by Crippen LogP contribution is -2.17. The Bertz CT molecular complexity index is 702. The third-order valence-electron chi connectivity index (χ3n) is 3.11. The molecule has 0 atom stereocenters. The molecule has 2 aromatic rings. The predicted octanol–water partition coefficient (Wildman–Crippen LogP) is 1.80. The molecule has 0 saturated carbocycles. The number of nitrogens with one attached hydrogen (secondary N) is 2. The van der Waals surface area contributed by atoms with Gasteiger partial charge >= 0.3 is 0 Å². The first-order valence-electron chi connectivity index (χ1n) is 6.59. The van der Waals surface area contributed by atoms with Gasteiger partial charge in [0.15, 0.2) is 11.5 Å². The normalized spacial score (nSPS) is 13.0. The number of rotatable bonds is 4. The van der Waals surface area contributed by atoms with Gasteiger partial charge in [-0.1, -0.05) is 6.07 Å². The van der Waals surface area contributed by atoms with Crippen LogP contribution in [0.25, 0.3) is 0 Å². The fourth-order valence-electron chi connectivity index (χ4n) is 2.07. The number of halogens is 1. The molecule has 1 aromatic carbocycles. The zero-order chi connectivity index (χ0) is 14.7. The fourth-order valence-corrected chi connectivity index (χ4v) is 2.56. The number of ether oxygens (including phenoxy) is 2. The quantitative estimate of drug-likeness (QED) is 0.768. The van der Waals surface area contributed by atoms with Crippen molar-refractivity contribution in [2.45, 2.75) is 6.42 Å². The summed E-state index contributed by atoms with van der Waals surface area (Å²) in [7, 11) is 0. The number of aromatic amines is 1. The molecule has 1 aromatic heterocycles. The average molecular weight is 399 g/mol. The molecular weight excluding hydrogens is 385 g/mol. The molecule has 2 heterocycles. The number of benzene rings is 1. The van der Waals surface area contributed by atoms with Crippen molar-refractivity contribution < 1.29 is 9.47 Å². The van der Waals surface area contributed by atoms with E-state index in [4.69, 9.17) is 9.47 Å². The molecule has 0 fully saturated rings. The van der Waals surface area contributed by atoms with Gasteiger partial charge in [-0.3, -0.25) is 4.79 Å². The summed E-state index contributed by atoms with van der Waals surface area (Å²) in [6, 6.07) is 5.94. The Morgan fingerprint density at radius 1 is 1.29 bits per heavy atom. The summed E-state index contributed by atoms with van der Waals surface area (Å²) in [6.07, 6.45) is 2.21. The summed E-state index contributed by atoms with van der Waals surface area (Å²) in [5.74, 6) is 2.20. The Kier molecular flexibility index (Phi) is 4.28. The lowest BCUT2D eigenvalue weighted by atomic mass is 10.1. The van der Waals surface area contributed by atoms with E-state index in [9.17, 15) is 4.79 Å². The molecular formula is C14H14IN3O3. The largest absolute Gasteiger partial charge is 0.486 e. The molecule has 1 aliphatic heterocycles. The van der Waals surface area contributed by atoms with Crippen LogP contribution in [-0.4, -0.2) is 29.7 Å². The monoisotopic (exact) mass is 399 g/mol. The van der Waals surface area contributed by atoms with Crippen LogP contribution in [0, 0.1) is 3.57 Å². The van der Waals surface area contributed by atoms with Gasteiger partial charge in [-0.05, 0) is 46.7 Å². The van der Waals surface area contributed by atoms with Crippen molar-refractivity contribution in [2.24, 2.45) is 0 Å². The molecule has 0 amide bonds. The summed E-state index contributed by atoms with van der Waals surface area (Å²) in [4.78, 5) is 18.1. The van der Waals surface area contributed by atoms with Gasteiger partial charge < -0.3 is 19.8 Å². The average Bonchev–Trinajstić information content (AvgIpc) is 2.51. The lowest BCUT2D eigenvalue weighted by Gasteiger charge is -2.18. The van der Waals surface area contributed by atoms with Gasteiger partial charge in [0.2, 0.25) is 0 Å². The first kappa shape index (κ1) is 14.2. The van der Waals surface area contributed by atoms with Gasteiger partial charge in [-0.15, -0.1) is 0 Å². The van der Waals surface area contributed by atoms with Crippen molar-refractivity contribution in [3.05, 3.63) is 44.0 Å². The van der Waals surface area contributed by atoms with Crippen LogP contribution in [0.1, 0.15) is 5.56 Å². The number of anilines is 1. The Morgan fingerprint density at radius 2 is 2.10 bits per heavy atom. The Morgan fingerprint density at radius 3 is 2.95 bits per heavy atom. The van der Waals surface area contributed by atoms with Gasteiger partial charge in [0.1, 0.15) is 22.6 Å². The number of hydrogen-bond donors (Lipinski definition) is 2. The highest BCUT2D eigenvalue weighted by atomic mass is 127. The maximum absolute atomic E-state index is 11.5. The predicted molar refractivity (Wildman–Crippen MR) is 87.2 cm³/mol. The molecule has 7 heteroatoms. The molecule has 3 rings (SSSR count). The number of hydrogen-bond acceptors (Lipinski definition) is 5. The van der Waals surface area contributed by atoms with Gasteiger partial charge in [0, 0.05) is 6.54 Å². The summed E-state index contributed by atoms with van der Waals surface area (Å²) in [5.41, 5.74) is 1.01. The van der Waals surface area contributed by atoms with Crippen LogP contribution in [0.5, 0.6) is 11.5 Å². The molecule has 1 aliphatic rings. The van der Waals surface area contributed by atoms with Crippen molar-refractivity contribution in [3.8, 4) is 11.5 Å². The van der Waals surface area contributed by atoms with Crippen molar-refractivity contribution in [1.82, 2.24) is 9.97 Å². The smallest absolute Gasteiger partial charge is 0.266 e. The minimum absolute atomic E-state index is 0.132. The highest BCUT2D eigenvalue weighted by molar-refractivity contribution is 14.1. The van der Waals surface area contributed by atoms with Crippen LogP contribution in [0.4, 0.5) is 5.82 Å². The molecule has 0 spiro atoms. The number of fused-ring (bicyclic) bond motifs is 1. The molecule has 0 bridgehead atoms. The van der Waals surface area contributed by atoms with E-state index in [1.54, 1.807) is 0 Å². The topological polar surface area (TPSA) is 76.2 Å². The van der Waals surface area contributed by atoms with E-state index in [0.29, 0.717) is 29.1 Å². The molecule has 0 unspecified atom stereocenters. The molecule has 21 heavy (non-hydrogen) atoms. The van der Waals surface area contributed by atoms with Crippen molar-refractivity contribution in [2.75, 3.05) is 25.1 Å². The number of H-pyrrole nitrogens is 1. The standard InChI is InChI=1S/C14H14IN3O3/c15-12-13(17-8-18-14(12)19)16-4-3-9-1-2-10-11(7-9)21-6-5-20-10/h1-2,7-8H,3-6H2,(H2,16,17,18,19). The van der Waals surface area contributed by atoms with Crippen LogP contribution < -0.4 is 20.3 Å². The van der Waals surface area contributed by atoms with E-state index >= 15 is 0 Å². The minimum Gasteiger partial charge on any atom is -0.486 e. The third kappa shape index (κ3) is 3.29. The van der Waals surface area contributed by atoms with Crippen LogP contribution in [0.2, 0.25) is 0 Å². The maximum Gasteiger partial charge on any atom is 0.266 e. The van der Waals surface area contributed by atoms with Crippen molar-refractivity contribution in [1.29, 1.82) is 0 Å². The zero-order valence-corrected chi connectivity index (χ0v) is 13.3. The van der Waals surface area contributed by atoms with Gasteiger partial charge in [-0.2, -0.15) is 0 Å². The summed E-state index contributed by atoms with van der Waals surface area (Å²) in [6.45, 7) is 1.87. The molecule has 0 radical (unpaired) electrons. The highest BCUT2D eigenvalue weighted by Gasteiger charge is 2.11. The van der Waals surface area contributed by atoms with E-state index in [0.717, 1.165) is 23.5 Å². The summed E-state index contributed by atoms with van der Waals surface area (Å²) in [5, 5.41) is 3.17. The van der Waals surface area contributed by atoms with Crippen molar-refractivity contribution in [3.63, 3.8) is 0 Å². The van der Waals surface area contributed by atoms with Crippen LogP contribution in [-0.2, 0) is 6.42 Å². The van der Waals surface area contributed by atoms with E-state index in [1.807, 2.05) is 40.8 Å². The summed E-state index contributed by atoms with van der Waals surface area (Å²) < 4.78 is 11.6. The number of nitrogens with zero attached hydrogens (tertiary/aromatic N) is 1. The van der Waals surface area contributed by atoms with Crippen LogP contribution >= 0.6 is 22.6 Å². The second-order valence-electron chi connectivity index (χ2n) is 4.55. The van der Waals surface area contributed by atoms with Gasteiger partial charge in [-0.25, -0.2) is 4.98 Å². The lowest BCUT2D eigenvalue weighted by molar-refractivity contribution is 0.171. The molecule has 6 nitrogen and oxygen atoms in total. The van der Waals surface area contributed by atoms with E-state index < -0.39 is 0 Å². The van der Waals surface area contributed by atoms with Gasteiger partial charge in [0.25, 0.3) is 5.56 Å². The maximum atomic E-state index is 11.5. The first-order chi connectivity index (χ1) is 10.2. The molecule has 0 aliphatic carbocycles. The molecule has 110 valence electrons. The second kappa shape index (κ2) is 6.33. The fraction of sp³-hybridized carbons (Fsp3) is 0.286. The Labute approximate surface area is 135 Å². The SMILES string of the molecule is O=c1[nH]cnc(NCCc2ccc3c(c2)OCCO3)c1I.